The van der Waals surface area contributed by atoms with E-state index in [2.05, 4.69) is 15.0 Å². The molecule has 2 aromatic rings. The molecular weight excluding hydrogens is 374 g/mol. The van der Waals surface area contributed by atoms with Crippen LogP contribution in [0.1, 0.15) is 35.3 Å². The summed E-state index contributed by atoms with van der Waals surface area (Å²) in [5, 5.41) is 3.80. The summed E-state index contributed by atoms with van der Waals surface area (Å²) in [7, 11) is -3.38. The zero-order valence-corrected chi connectivity index (χ0v) is 14.6. The van der Waals surface area contributed by atoms with Crippen molar-refractivity contribution < 1.29 is 26.7 Å². The Kier molecular flexibility index (Phi) is 4.74. The number of sulfone groups is 1. The molecule has 3 heterocycles. The number of rotatable bonds is 4. The largest absolute Gasteiger partial charge is 0.417 e. The summed E-state index contributed by atoms with van der Waals surface area (Å²) in [4.78, 5) is 16.0. The summed E-state index contributed by atoms with van der Waals surface area (Å²) in [6.45, 7) is -1.44. The first-order valence-corrected chi connectivity index (χ1v) is 9.74. The van der Waals surface area contributed by atoms with Gasteiger partial charge in [0.15, 0.2) is 9.84 Å². The Morgan fingerprint density at radius 1 is 1.44 bits per heavy atom. The summed E-state index contributed by atoms with van der Waals surface area (Å²) < 4.78 is 53.6. The minimum Gasteiger partial charge on any atom is -0.417 e. The first-order valence-electron chi connectivity index (χ1n) is 7.32. The van der Waals surface area contributed by atoms with E-state index in [1.165, 1.54) is 12.3 Å². The van der Waals surface area contributed by atoms with Crippen molar-refractivity contribution in [3.05, 3.63) is 40.9 Å². The average molecular weight is 388 g/mol. The van der Waals surface area contributed by atoms with Gasteiger partial charge in [-0.3, -0.25) is 4.79 Å². The number of carbonyl (C=O) groups is 1. The predicted molar refractivity (Wildman–Crippen MR) is 86.7 cm³/mol. The Hall–Kier alpha value is -2.07. The Balaban J connectivity index is 1.83. The molecular formula is C15H14F2N2O4S2. The fourth-order valence-corrected chi connectivity index (χ4v) is 5.88. The maximum absolute atomic E-state index is 12.4. The first-order chi connectivity index (χ1) is 11.8. The molecule has 0 bridgehead atoms. The summed E-state index contributed by atoms with van der Waals surface area (Å²) in [5.41, 5.74) is 0.651. The zero-order chi connectivity index (χ0) is 18.2. The molecule has 0 spiro atoms. The van der Waals surface area contributed by atoms with Crippen LogP contribution in [0.2, 0.25) is 0 Å². The highest BCUT2D eigenvalue weighted by Gasteiger charge is 2.38. The number of aromatic nitrogens is 1. The molecule has 0 saturated heterocycles. The third kappa shape index (κ3) is 3.49. The second kappa shape index (κ2) is 6.68. The molecule has 25 heavy (non-hydrogen) atoms. The van der Waals surface area contributed by atoms with Gasteiger partial charge in [-0.05, 0) is 30.9 Å². The van der Waals surface area contributed by atoms with E-state index in [-0.39, 0.29) is 22.1 Å². The van der Waals surface area contributed by atoms with Gasteiger partial charge in [-0.15, -0.1) is 11.3 Å². The summed E-state index contributed by atoms with van der Waals surface area (Å²) in [5.74, 6) is -0.881. The van der Waals surface area contributed by atoms with E-state index < -0.39 is 33.6 Å². The van der Waals surface area contributed by atoms with Crippen molar-refractivity contribution in [1.29, 1.82) is 0 Å². The van der Waals surface area contributed by atoms with Gasteiger partial charge < -0.3 is 10.1 Å². The number of hydrogen-bond acceptors (Lipinski definition) is 6. The van der Waals surface area contributed by atoms with E-state index >= 15 is 0 Å². The van der Waals surface area contributed by atoms with Crippen LogP contribution >= 0.6 is 11.3 Å². The molecule has 1 aliphatic heterocycles. The molecule has 1 amide bonds. The van der Waals surface area contributed by atoms with E-state index in [1.54, 1.807) is 18.4 Å². The molecule has 0 aliphatic carbocycles. The van der Waals surface area contributed by atoms with Crippen LogP contribution in [0.4, 0.5) is 8.78 Å². The maximum atomic E-state index is 12.4. The van der Waals surface area contributed by atoms with E-state index in [9.17, 15) is 22.0 Å². The molecule has 0 aromatic carbocycles. The molecule has 10 heteroatoms. The van der Waals surface area contributed by atoms with Crippen molar-refractivity contribution >= 4 is 27.1 Å². The number of nitrogens with zero attached hydrogens (tertiary/aromatic N) is 1. The number of hydrogen-bond donors (Lipinski definition) is 1. The SMILES string of the molecule is C[C@H]1C[C@H](NC(=O)c2ccnc(OC(F)F)c2)c2ccsc2S1(=O)=O. The monoisotopic (exact) mass is 388 g/mol. The van der Waals surface area contributed by atoms with Crippen LogP contribution in [0, 0.1) is 0 Å². The molecule has 1 aliphatic rings. The smallest absolute Gasteiger partial charge is 0.388 e. The van der Waals surface area contributed by atoms with Gasteiger partial charge in [0.05, 0.1) is 11.3 Å². The second-order valence-corrected chi connectivity index (χ2v) is 9.02. The van der Waals surface area contributed by atoms with Crippen LogP contribution in [-0.2, 0) is 9.84 Å². The van der Waals surface area contributed by atoms with Gasteiger partial charge in [0.25, 0.3) is 5.91 Å². The maximum Gasteiger partial charge on any atom is 0.388 e. The van der Waals surface area contributed by atoms with Crippen molar-refractivity contribution in [3.8, 4) is 5.88 Å². The van der Waals surface area contributed by atoms with Crippen LogP contribution in [0.15, 0.2) is 34.0 Å². The molecule has 0 saturated carbocycles. The van der Waals surface area contributed by atoms with E-state index in [4.69, 9.17) is 0 Å². The van der Waals surface area contributed by atoms with Crippen molar-refractivity contribution in [3.63, 3.8) is 0 Å². The lowest BCUT2D eigenvalue weighted by Gasteiger charge is -2.28. The van der Waals surface area contributed by atoms with Gasteiger partial charge in [0, 0.05) is 23.4 Å². The Bertz CT molecular complexity index is 898. The molecule has 134 valence electrons. The van der Waals surface area contributed by atoms with E-state index in [0.29, 0.717) is 5.56 Å². The fraction of sp³-hybridized carbons (Fsp3) is 0.333. The third-order valence-electron chi connectivity index (χ3n) is 3.90. The Morgan fingerprint density at radius 2 is 2.20 bits per heavy atom. The fourth-order valence-electron chi connectivity index (χ4n) is 2.65. The second-order valence-electron chi connectivity index (χ2n) is 5.54. The molecule has 1 N–H and O–H groups in total. The van der Waals surface area contributed by atoms with Crippen LogP contribution in [0.25, 0.3) is 0 Å². The standard InChI is InChI=1S/C15H14F2N2O4S2/c1-8-6-11(10-3-5-24-14(10)25(8,21)22)19-13(20)9-2-4-18-12(7-9)23-15(16)17/h2-5,7-8,11,15H,6H2,1H3,(H,19,20)/t8-,11-/m0/s1. The van der Waals surface area contributed by atoms with Crippen LogP contribution in [0.5, 0.6) is 5.88 Å². The Morgan fingerprint density at radius 3 is 2.92 bits per heavy atom. The van der Waals surface area contributed by atoms with Gasteiger partial charge >= 0.3 is 6.61 Å². The predicted octanol–water partition coefficient (Wildman–Crippen LogP) is 2.78. The number of nitrogens with one attached hydrogen (secondary N) is 1. The van der Waals surface area contributed by atoms with Gasteiger partial charge in [-0.2, -0.15) is 8.78 Å². The Labute approximate surface area is 146 Å². The van der Waals surface area contributed by atoms with Crippen molar-refractivity contribution in [1.82, 2.24) is 10.3 Å². The lowest BCUT2D eigenvalue weighted by atomic mass is 10.0. The van der Waals surface area contributed by atoms with Gasteiger partial charge in [-0.25, -0.2) is 13.4 Å². The number of fused-ring (bicyclic) bond motifs is 1. The van der Waals surface area contributed by atoms with Crippen molar-refractivity contribution in [2.45, 2.75) is 35.5 Å². The molecule has 0 fully saturated rings. The lowest BCUT2D eigenvalue weighted by Crippen LogP contribution is -2.36. The third-order valence-corrected chi connectivity index (χ3v) is 7.61. The quantitative estimate of drug-likeness (QED) is 0.871. The summed E-state index contributed by atoms with van der Waals surface area (Å²) in [6, 6.07) is 3.68. The number of ether oxygens (including phenoxy) is 1. The highest BCUT2D eigenvalue weighted by molar-refractivity contribution is 7.94. The number of thiophene rings is 1. The topological polar surface area (TPSA) is 85.4 Å². The highest BCUT2D eigenvalue weighted by atomic mass is 32.2. The van der Waals surface area contributed by atoms with Crippen molar-refractivity contribution in [2.24, 2.45) is 0 Å². The van der Waals surface area contributed by atoms with Crippen LogP contribution in [-0.4, -0.2) is 31.2 Å². The molecule has 0 radical (unpaired) electrons. The van der Waals surface area contributed by atoms with Crippen LogP contribution in [0.3, 0.4) is 0 Å². The molecule has 2 aromatic heterocycles. The minimum atomic E-state index is -3.38. The van der Waals surface area contributed by atoms with Gasteiger partial charge in [-0.1, -0.05) is 0 Å². The number of amides is 1. The number of carbonyl (C=O) groups excluding carboxylic acids is 1. The number of halogens is 2. The molecule has 3 rings (SSSR count). The average Bonchev–Trinajstić information content (AvgIpc) is 3.03. The number of pyridine rings is 1. The zero-order valence-electron chi connectivity index (χ0n) is 13.0. The molecule has 0 unspecified atom stereocenters. The van der Waals surface area contributed by atoms with E-state index in [1.807, 2.05) is 0 Å². The van der Waals surface area contributed by atoms with Crippen LogP contribution < -0.4 is 10.1 Å². The molecule has 2 atom stereocenters. The summed E-state index contributed by atoms with van der Waals surface area (Å²) in [6.07, 6.45) is 1.43. The highest BCUT2D eigenvalue weighted by Crippen LogP contribution is 2.39. The van der Waals surface area contributed by atoms with Crippen molar-refractivity contribution in [2.75, 3.05) is 0 Å². The van der Waals surface area contributed by atoms with E-state index in [0.717, 1.165) is 17.4 Å². The van der Waals surface area contributed by atoms with Gasteiger partial charge in [0.2, 0.25) is 5.88 Å². The normalized spacial score (nSPS) is 21.6. The lowest BCUT2D eigenvalue weighted by molar-refractivity contribution is -0.0529. The molecule has 6 nitrogen and oxygen atoms in total. The summed E-state index contributed by atoms with van der Waals surface area (Å²) >= 11 is 1.12. The first kappa shape index (κ1) is 17.7. The minimum absolute atomic E-state index is 0.100. The van der Waals surface area contributed by atoms with Gasteiger partial charge in [0.1, 0.15) is 4.21 Å². The number of alkyl halides is 2.